The maximum absolute atomic E-state index is 12.1. The van der Waals surface area contributed by atoms with Gasteiger partial charge in [0.2, 0.25) is 0 Å². The summed E-state index contributed by atoms with van der Waals surface area (Å²) in [7, 11) is 0. The molecular formula is C16H17N3OS. The summed E-state index contributed by atoms with van der Waals surface area (Å²) in [6, 6.07) is 5.76. The average Bonchev–Trinajstić information content (AvgIpc) is 2.87. The fraction of sp³-hybridized carbons (Fsp3) is 0.250. The third kappa shape index (κ3) is 4.42. The highest BCUT2D eigenvalue weighted by molar-refractivity contribution is 7.14. The van der Waals surface area contributed by atoms with Crippen LogP contribution in [0, 0.1) is 18.8 Å². The van der Waals surface area contributed by atoms with Gasteiger partial charge in [0.1, 0.15) is 0 Å². The number of aromatic nitrogens is 1. The van der Waals surface area contributed by atoms with Gasteiger partial charge >= 0.3 is 0 Å². The molecular weight excluding hydrogens is 282 g/mol. The largest absolute Gasteiger partial charge is 0.351 e. The molecule has 2 aromatic rings. The maximum atomic E-state index is 12.1. The van der Waals surface area contributed by atoms with E-state index in [0.717, 1.165) is 22.4 Å². The minimum absolute atomic E-state index is 0.0574. The SMILES string of the molecule is Cc1cc(C(=O)NCCc2ccncc2)sc1C#CCN. The number of hydrogen-bond acceptors (Lipinski definition) is 4. The third-order valence-electron chi connectivity index (χ3n) is 2.89. The van der Waals surface area contributed by atoms with E-state index >= 15 is 0 Å². The molecule has 0 radical (unpaired) electrons. The van der Waals surface area contributed by atoms with Crippen LogP contribution in [0.15, 0.2) is 30.6 Å². The smallest absolute Gasteiger partial charge is 0.261 e. The van der Waals surface area contributed by atoms with Crippen molar-refractivity contribution >= 4 is 17.2 Å². The molecule has 108 valence electrons. The van der Waals surface area contributed by atoms with Crippen LogP contribution >= 0.6 is 11.3 Å². The lowest BCUT2D eigenvalue weighted by Crippen LogP contribution is -2.24. The van der Waals surface area contributed by atoms with E-state index in [-0.39, 0.29) is 5.91 Å². The summed E-state index contributed by atoms with van der Waals surface area (Å²) in [6.07, 6.45) is 4.29. The lowest BCUT2D eigenvalue weighted by molar-refractivity contribution is 0.0958. The number of thiophene rings is 1. The zero-order chi connectivity index (χ0) is 15.1. The minimum Gasteiger partial charge on any atom is -0.351 e. The number of hydrogen-bond donors (Lipinski definition) is 2. The summed E-state index contributed by atoms with van der Waals surface area (Å²) in [5, 5.41) is 2.92. The molecule has 2 rings (SSSR count). The summed E-state index contributed by atoms with van der Waals surface area (Å²) in [6.45, 7) is 2.87. The van der Waals surface area contributed by atoms with E-state index in [9.17, 15) is 4.79 Å². The van der Waals surface area contributed by atoms with Crippen LogP contribution in [0.25, 0.3) is 0 Å². The van der Waals surface area contributed by atoms with E-state index in [1.54, 1.807) is 12.4 Å². The van der Waals surface area contributed by atoms with Crippen LogP contribution in [-0.4, -0.2) is 24.0 Å². The molecule has 0 spiro atoms. The van der Waals surface area contributed by atoms with Gasteiger partial charge in [-0.2, -0.15) is 0 Å². The van der Waals surface area contributed by atoms with Crippen LogP contribution in [0.5, 0.6) is 0 Å². The Balaban J connectivity index is 1.91. The van der Waals surface area contributed by atoms with Gasteiger partial charge in [-0.1, -0.05) is 11.8 Å². The molecule has 0 aliphatic rings. The van der Waals surface area contributed by atoms with Crippen molar-refractivity contribution in [1.82, 2.24) is 10.3 Å². The fourth-order valence-corrected chi connectivity index (χ4v) is 2.77. The number of nitrogens with two attached hydrogens (primary N) is 1. The molecule has 1 amide bonds. The molecule has 0 fully saturated rings. The second kappa shape index (κ2) is 7.58. The third-order valence-corrected chi connectivity index (χ3v) is 4.05. The Morgan fingerprint density at radius 1 is 1.43 bits per heavy atom. The predicted molar refractivity (Wildman–Crippen MR) is 85.3 cm³/mol. The molecule has 5 heteroatoms. The summed E-state index contributed by atoms with van der Waals surface area (Å²) in [4.78, 5) is 17.6. The Labute approximate surface area is 128 Å². The average molecular weight is 299 g/mol. The molecule has 2 heterocycles. The molecule has 0 saturated carbocycles. The minimum atomic E-state index is -0.0574. The molecule has 4 nitrogen and oxygen atoms in total. The van der Waals surface area contributed by atoms with Crippen molar-refractivity contribution in [1.29, 1.82) is 0 Å². The second-order valence-corrected chi connectivity index (χ2v) is 5.54. The first kappa shape index (κ1) is 15.2. The molecule has 0 aromatic carbocycles. The molecule has 2 aromatic heterocycles. The van der Waals surface area contributed by atoms with Crippen LogP contribution < -0.4 is 11.1 Å². The van der Waals surface area contributed by atoms with Crippen molar-refractivity contribution in [2.75, 3.05) is 13.1 Å². The highest BCUT2D eigenvalue weighted by atomic mass is 32.1. The number of amides is 1. The summed E-state index contributed by atoms with van der Waals surface area (Å²) >= 11 is 1.40. The maximum Gasteiger partial charge on any atom is 0.261 e. The Kier molecular flexibility index (Phi) is 5.50. The van der Waals surface area contributed by atoms with Crippen LogP contribution in [0.3, 0.4) is 0 Å². The van der Waals surface area contributed by atoms with Gasteiger partial charge in [-0.05, 0) is 42.7 Å². The van der Waals surface area contributed by atoms with Gasteiger partial charge in [0.15, 0.2) is 0 Å². The van der Waals surface area contributed by atoms with Gasteiger partial charge in [0.05, 0.1) is 16.3 Å². The fourth-order valence-electron chi connectivity index (χ4n) is 1.81. The first-order chi connectivity index (χ1) is 10.2. The molecule has 0 saturated heterocycles. The van der Waals surface area contributed by atoms with Crippen molar-refractivity contribution < 1.29 is 4.79 Å². The number of rotatable bonds is 4. The Hall–Kier alpha value is -2.16. The normalized spacial score (nSPS) is 9.81. The van der Waals surface area contributed by atoms with Crippen LogP contribution in [0.2, 0.25) is 0 Å². The van der Waals surface area contributed by atoms with Crippen molar-refractivity contribution in [2.45, 2.75) is 13.3 Å². The van der Waals surface area contributed by atoms with E-state index in [4.69, 9.17) is 5.73 Å². The zero-order valence-electron chi connectivity index (χ0n) is 11.8. The lowest BCUT2D eigenvalue weighted by Gasteiger charge is -2.03. The number of carbonyl (C=O) groups is 1. The number of nitrogens with one attached hydrogen (secondary N) is 1. The number of carbonyl (C=O) groups excluding carboxylic acids is 1. The number of aryl methyl sites for hydroxylation is 1. The predicted octanol–water partition coefficient (Wildman–Crippen LogP) is 1.73. The first-order valence-electron chi connectivity index (χ1n) is 6.67. The van der Waals surface area contributed by atoms with Gasteiger partial charge in [-0.15, -0.1) is 11.3 Å². The highest BCUT2D eigenvalue weighted by Gasteiger charge is 2.10. The van der Waals surface area contributed by atoms with Crippen molar-refractivity contribution in [3.05, 3.63) is 51.5 Å². The topological polar surface area (TPSA) is 68.0 Å². The van der Waals surface area contributed by atoms with Gasteiger partial charge in [0.25, 0.3) is 5.91 Å². The molecule has 3 N–H and O–H groups in total. The second-order valence-electron chi connectivity index (χ2n) is 4.49. The van der Waals surface area contributed by atoms with Crippen molar-refractivity contribution in [3.8, 4) is 11.8 Å². The van der Waals surface area contributed by atoms with E-state index in [1.165, 1.54) is 11.3 Å². The lowest BCUT2D eigenvalue weighted by atomic mass is 10.2. The van der Waals surface area contributed by atoms with Gasteiger partial charge in [0, 0.05) is 18.9 Å². The standard InChI is InChI=1S/C16H17N3OS/c1-12-11-15(21-14(12)3-2-7-17)16(20)19-10-6-13-4-8-18-9-5-13/h4-5,8-9,11H,6-7,10,17H2,1H3,(H,19,20). The van der Waals surface area contributed by atoms with Gasteiger partial charge in [-0.25, -0.2) is 0 Å². The van der Waals surface area contributed by atoms with Crippen molar-refractivity contribution in [3.63, 3.8) is 0 Å². The molecule has 0 aliphatic heterocycles. The quantitative estimate of drug-likeness (QED) is 0.845. The monoisotopic (exact) mass is 299 g/mol. The molecule has 0 unspecified atom stereocenters. The van der Waals surface area contributed by atoms with Gasteiger partial charge < -0.3 is 11.1 Å². The zero-order valence-corrected chi connectivity index (χ0v) is 12.7. The van der Waals surface area contributed by atoms with Crippen molar-refractivity contribution in [2.24, 2.45) is 5.73 Å². The van der Waals surface area contributed by atoms with Crippen LogP contribution in [-0.2, 0) is 6.42 Å². The van der Waals surface area contributed by atoms with E-state index < -0.39 is 0 Å². The van der Waals surface area contributed by atoms with Crippen LogP contribution in [0.1, 0.15) is 25.7 Å². The molecule has 21 heavy (non-hydrogen) atoms. The summed E-state index contributed by atoms with van der Waals surface area (Å²) in [5.74, 6) is 5.74. The molecule has 0 bridgehead atoms. The summed E-state index contributed by atoms with van der Waals surface area (Å²) < 4.78 is 0. The van der Waals surface area contributed by atoms with Crippen LogP contribution in [0.4, 0.5) is 0 Å². The molecule has 0 atom stereocenters. The first-order valence-corrected chi connectivity index (χ1v) is 7.49. The molecule has 0 aliphatic carbocycles. The Bertz CT molecular complexity index is 668. The van der Waals surface area contributed by atoms with E-state index in [1.807, 2.05) is 25.1 Å². The summed E-state index contributed by atoms with van der Waals surface area (Å²) in [5.41, 5.74) is 7.53. The van der Waals surface area contributed by atoms with Gasteiger partial charge in [-0.3, -0.25) is 9.78 Å². The Morgan fingerprint density at radius 2 is 2.19 bits per heavy atom. The highest BCUT2D eigenvalue weighted by Crippen LogP contribution is 2.20. The van der Waals surface area contributed by atoms with E-state index in [2.05, 4.69) is 22.1 Å². The van der Waals surface area contributed by atoms with E-state index in [0.29, 0.717) is 18.0 Å². The number of nitrogens with zero attached hydrogens (tertiary/aromatic N) is 1. The number of pyridine rings is 1. The Morgan fingerprint density at radius 3 is 2.90 bits per heavy atom.